The van der Waals surface area contributed by atoms with Crippen molar-refractivity contribution >= 4 is 11.8 Å². The summed E-state index contributed by atoms with van der Waals surface area (Å²) in [6, 6.07) is 6.35. The van der Waals surface area contributed by atoms with Crippen molar-refractivity contribution in [3.8, 4) is 11.5 Å². The predicted molar refractivity (Wildman–Crippen MR) is 88.1 cm³/mol. The first-order chi connectivity index (χ1) is 9.71. The van der Waals surface area contributed by atoms with Gasteiger partial charge in [0.25, 0.3) is 0 Å². The van der Waals surface area contributed by atoms with Crippen molar-refractivity contribution in [3.63, 3.8) is 0 Å². The topological polar surface area (TPSA) is 44.5 Å². The second-order valence-electron chi connectivity index (χ2n) is 4.63. The zero-order chi connectivity index (χ0) is 14.8. The predicted octanol–water partition coefficient (Wildman–Crippen LogP) is 3.50. The van der Waals surface area contributed by atoms with E-state index in [1.54, 1.807) is 0 Å². The van der Waals surface area contributed by atoms with Gasteiger partial charge in [-0.1, -0.05) is 19.9 Å². The van der Waals surface area contributed by atoms with Crippen LogP contribution in [0.3, 0.4) is 0 Å². The quantitative estimate of drug-likeness (QED) is 0.671. The molecule has 0 saturated carbocycles. The summed E-state index contributed by atoms with van der Waals surface area (Å²) >= 11 is 1.88. The van der Waals surface area contributed by atoms with Gasteiger partial charge in [0, 0.05) is 11.8 Å². The van der Waals surface area contributed by atoms with Crippen molar-refractivity contribution in [2.45, 2.75) is 39.7 Å². The van der Waals surface area contributed by atoms with Crippen LogP contribution in [0.2, 0.25) is 0 Å². The van der Waals surface area contributed by atoms with Gasteiger partial charge in [-0.2, -0.15) is 11.8 Å². The van der Waals surface area contributed by atoms with E-state index in [-0.39, 0.29) is 6.04 Å². The Balaban J connectivity index is 2.68. The van der Waals surface area contributed by atoms with Gasteiger partial charge in [-0.25, -0.2) is 0 Å². The number of thioether (sulfide) groups is 1. The van der Waals surface area contributed by atoms with Crippen LogP contribution >= 0.6 is 11.8 Å². The highest BCUT2D eigenvalue weighted by Crippen LogP contribution is 2.29. The van der Waals surface area contributed by atoms with E-state index in [4.69, 9.17) is 15.2 Å². The van der Waals surface area contributed by atoms with Crippen molar-refractivity contribution in [1.29, 1.82) is 0 Å². The normalized spacial score (nSPS) is 12.2. The molecule has 0 aliphatic heterocycles. The van der Waals surface area contributed by atoms with E-state index in [9.17, 15) is 0 Å². The third kappa shape index (κ3) is 6.06. The second kappa shape index (κ2) is 9.94. The van der Waals surface area contributed by atoms with Crippen LogP contribution in [0.25, 0.3) is 0 Å². The molecule has 0 radical (unpaired) electrons. The Morgan fingerprint density at radius 3 is 2.60 bits per heavy atom. The molecule has 1 aromatic rings. The monoisotopic (exact) mass is 297 g/mol. The van der Waals surface area contributed by atoms with E-state index in [0.29, 0.717) is 13.2 Å². The smallest absolute Gasteiger partial charge is 0.161 e. The summed E-state index contributed by atoms with van der Waals surface area (Å²) in [7, 11) is 0. The fraction of sp³-hybridized carbons (Fsp3) is 0.625. The minimum atomic E-state index is 0.206. The molecule has 0 fully saturated rings. The molecule has 0 bridgehead atoms. The SMILES string of the molecule is CCOc1cc(CC(N)CC)ccc1OCCSCC. The van der Waals surface area contributed by atoms with Crippen LogP contribution in [0, 0.1) is 0 Å². The van der Waals surface area contributed by atoms with Crippen LogP contribution in [0.15, 0.2) is 18.2 Å². The van der Waals surface area contributed by atoms with Gasteiger partial charge in [0.1, 0.15) is 0 Å². The van der Waals surface area contributed by atoms with Crippen LogP contribution in [0.5, 0.6) is 11.5 Å². The van der Waals surface area contributed by atoms with Crippen LogP contribution in [-0.4, -0.2) is 30.8 Å². The molecule has 0 spiro atoms. The molecule has 0 aromatic heterocycles. The largest absolute Gasteiger partial charge is 0.490 e. The van der Waals surface area contributed by atoms with Gasteiger partial charge in [0.15, 0.2) is 11.5 Å². The van der Waals surface area contributed by atoms with Gasteiger partial charge in [-0.3, -0.25) is 0 Å². The van der Waals surface area contributed by atoms with Gasteiger partial charge in [-0.15, -0.1) is 0 Å². The van der Waals surface area contributed by atoms with Gasteiger partial charge in [0.05, 0.1) is 13.2 Å². The molecule has 114 valence electrons. The van der Waals surface area contributed by atoms with Crippen molar-refractivity contribution < 1.29 is 9.47 Å². The number of hydrogen-bond acceptors (Lipinski definition) is 4. The molecule has 0 heterocycles. The molecule has 20 heavy (non-hydrogen) atoms. The van der Waals surface area contributed by atoms with E-state index in [0.717, 1.165) is 35.8 Å². The molecule has 1 unspecified atom stereocenters. The van der Waals surface area contributed by atoms with Gasteiger partial charge in [0.2, 0.25) is 0 Å². The van der Waals surface area contributed by atoms with E-state index < -0.39 is 0 Å². The highest BCUT2D eigenvalue weighted by Gasteiger charge is 2.08. The molecule has 1 aromatic carbocycles. The lowest BCUT2D eigenvalue weighted by Crippen LogP contribution is -2.21. The fourth-order valence-corrected chi connectivity index (χ4v) is 2.36. The molecule has 1 atom stereocenters. The molecule has 1 rings (SSSR count). The van der Waals surface area contributed by atoms with Crippen molar-refractivity contribution in [2.75, 3.05) is 24.7 Å². The van der Waals surface area contributed by atoms with Gasteiger partial charge < -0.3 is 15.2 Å². The van der Waals surface area contributed by atoms with Gasteiger partial charge in [-0.05, 0) is 43.2 Å². The summed E-state index contributed by atoms with van der Waals surface area (Å²) in [5, 5.41) is 0. The summed E-state index contributed by atoms with van der Waals surface area (Å²) in [6.07, 6.45) is 1.86. The maximum atomic E-state index is 6.01. The van der Waals surface area contributed by atoms with Crippen molar-refractivity contribution in [2.24, 2.45) is 5.73 Å². The molecule has 2 N–H and O–H groups in total. The van der Waals surface area contributed by atoms with Crippen LogP contribution < -0.4 is 15.2 Å². The van der Waals surface area contributed by atoms with E-state index in [1.807, 2.05) is 24.8 Å². The third-order valence-corrected chi connectivity index (χ3v) is 3.88. The standard InChI is InChI=1S/C16H27NO2S/c1-4-14(17)11-13-7-8-15(16(12-13)18-5-2)19-9-10-20-6-3/h7-8,12,14H,4-6,9-11,17H2,1-3H3. The third-order valence-electron chi connectivity index (χ3n) is 3.02. The Morgan fingerprint density at radius 2 is 1.95 bits per heavy atom. The first kappa shape index (κ1) is 17.2. The first-order valence-electron chi connectivity index (χ1n) is 7.43. The highest BCUT2D eigenvalue weighted by molar-refractivity contribution is 7.99. The summed E-state index contributed by atoms with van der Waals surface area (Å²) in [4.78, 5) is 0. The van der Waals surface area contributed by atoms with E-state index in [1.165, 1.54) is 5.56 Å². The van der Waals surface area contributed by atoms with Crippen molar-refractivity contribution in [3.05, 3.63) is 23.8 Å². The Morgan fingerprint density at radius 1 is 1.15 bits per heavy atom. The van der Waals surface area contributed by atoms with Crippen molar-refractivity contribution in [1.82, 2.24) is 0 Å². The molecule has 0 amide bonds. The van der Waals surface area contributed by atoms with Crippen LogP contribution in [0.1, 0.15) is 32.8 Å². The summed E-state index contributed by atoms with van der Waals surface area (Å²) in [5.41, 5.74) is 7.21. The zero-order valence-corrected chi connectivity index (χ0v) is 13.7. The minimum Gasteiger partial charge on any atom is -0.490 e. The number of hydrogen-bond donors (Lipinski definition) is 1. The maximum absolute atomic E-state index is 6.01. The Hall–Kier alpha value is -0.870. The maximum Gasteiger partial charge on any atom is 0.161 e. The molecular weight excluding hydrogens is 270 g/mol. The molecule has 0 saturated heterocycles. The number of benzene rings is 1. The average molecular weight is 297 g/mol. The lowest BCUT2D eigenvalue weighted by molar-refractivity contribution is 0.289. The lowest BCUT2D eigenvalue weighted by atomic mass is 10.0. The molecular formula is C16H27NO2S. The molecule has 0 aliphatic rings. The highest BCUT2D eigenvalue weighted by atomic mass is 32.2. The number of ether oxygens (including phenoxy) is 2. The fourth-order valence-electron chi connectivity index (χ4n) is 1.87. The molecule has 0 aliphatic carbocycles. The first-order valence-corrected chi connectivity index (χ1v) is 8.58. The van der Waals surface area contributed by atoms with E-state index >= 15 is 0 Å². The second-order valence-corrected chi connectivity index (χ2v) is 6.03. The Kier molecular flexibility index (Phi) is 8.54. The Labute approximate surface area is 127 Å². The minimum absolute atomic E-state index is 0.206. The summed E-state index contributed by atoms with van der Waals surface area (Å²) < 4.78 is 11.5. The summed E-state index contributed by atoms with van der Waals surface area (Å²) in [6.45, 7) is 7.61. The zero-order valence-electron chi connectivity index (χ0n) is 12.9. The Bertz CT molecular complexity index is 385. The van der Waals surface area contributed by atoms with Crippen LogP contribution in [-0.2, 0) is 6.42 Å². The van der Waals surface area contributed by atoms with E-state index in [2.05, 4.69) is 26.0 Å². The lowest BCUT2D eigenvalue weighted by Gasteiger charge is -2.15. The van der Waals surface area contributed by atoms with Gasteiger partial charge >= 0.3 is 0 Å². The molecule has 3 nitrogen and oxygen atoms in total. The number of nitrogens with two attached hydrogens (primary N) is 1. The number of rotatable bonds is 10. The molecule has 4 heteroatoms. The summed E-state index contributed by atoms with van der Waals surface area (Å²) in [5.74, 6) is 3.78. The van der Waals surface area contributed by atoms with Crippen LogP contribution in [0.4, 0.5) is 0 Å². The average Bonchev–Trinajstić information content (AvgIpc) is 2.45.